The lowest BCUT2D eigenvalue weighted by molar-refractivity contribution is -0.174. The summed E-state index contributed by atoms with van der Waals surface area (Å²) in [4.78, 5) is 11.5. The topological polar surface area (TPSA) is 35.5 Å². The summed E-state index contributed by atoms with van der Waals surface area (Å²) in [5.74, 6) is -0.0892. The summed E-state index contributed by atoms with van der Waals surface area (Å²) in [6.45, 7) is -0.330. The third kappa shape index (κ3) is 5.46. The van der Waals surface area contributed by atoms with Crippen molar-refractivity contribution < 1.29 is 27.4 Å². The number of ketones is 1. The van der Waals surface area contributed by atoms with Gasteiger partial charge < -0.3 is 9.47 Å². The SMILES string of the molecule is O=C(CCOCC(F)(F)F)C1CCOCC1. The van der Waals surface area contributed by atoms with Gasteiger partial charge in [-0.1, -0.05) is 0 Å². The predicted molar refractivity (Wildman–Crippen MR) is 50.0 cm³/mol. The number of hydrogen-bond acceptors (Lipinski definition) is 3. The zero-order valence-electron chi connectivity index (χ0n) is 8.89. The lowest BCUT2D eigenvalue weighted by Crippen LogP contribution is -2.25. The summed E-state index contributed by atoms with van der Waals surface area (Å²) >= 11 is 0. The minimum Gasteiger partial charge on any atom is -0.381 e. The fourth-order valence-corrected chi connectivity index (χ4v) is 1.58. The predicted octanol–water partition coefficient (Wildman–Crippen LogP) is 1.95. The van der Waals surface area contributed by atoms with E-state index < -0.39 is 12.8 Å². The highest BCUT2D eigenvalue weighted by Gasteiger charge is 2.27. The van der Waals surface area contributed by atoms with Crippen molar-refractivity contribution in [3.8, 4) is 0 Å². The first-order valence-electron chi connectivity index (χ1n) is 5.24. The molecule has 0 unspecified atom stereocenters. The highest BCUT2D eigenvalue weighted by Crippen LogP contribution is 2.18. The Morgan fingerprint density at radius 2 is 1.94 bits per heavy atom. The van der Waals surface area contributed by atoms with E-state index in [0.29, 0.717) is 26.1 Å². The first-order valence-corrected chi connectivity index (χ1v) is 5.24. The highest BCUT2D eigenvalue weighted by atomic mass is 19.4. The molecule has 1 heterocycles. The van der Waals surface area contributed by atoms with Gasteiger partial charge in [0.25, 0.3) is 0 Å². The van der Waals surface area contributed by atoms with Gasteiger partial charge >= 0.3 is 6.18 Å². The monoisotopic (exact) mass is 240 g/mol. The zero-order valence-corrected chi connectivity index (χ0v) is 8.89. The number of carbonyl (C=O) groups is 1. The van der Waals surface area contributed by atoms with Crippen molar-refractivity contribution in [3.05, 3.63) is 0 Å². The molecule has 1 fully saturated rings. The van der Waals surface area contributed by atoms with Crippen molar-refractivity contribution in [2.75, 3.05) is 26.4 Å². The average Bonchev–Trinajstić information content (AvgIpc) is 2.24. The number of rotatable bonds is 5. The van der Waals surface area contributed by atoms with Crippen LogP contribution in [0.25, 0.3) is 0 Å². The second-order valence-corrected chi connectivity index (χ2v) is 3.77. The molecule has 1 aliphatic heterocycles. The smallest absolute Gasteiger partial charge is 0.381 e. The molecule has 0 radical (unpaired) electrons. The molecule has 1 rings (SSSR count). The van der Waals surface area contributed by atoms with E-state index in [0.717, 1.165) is 0 Å². The maximum atomic E-state index is 11.7. The summed E-state index contributed by atoms with van der Waals surface area (Å²) in [7, 11) is 0. The number of alkyl halides is 3. The molecule has 1 aliphatic rings. The molecule has 0 spiro atoms. The van der Waals surface area contributed by atoms with E-state index in [-0.39, 0.29) is 24.7 Å². The van der Waals surface area contributed by atoms with Crippen molar-refractivity contribution in [1.29, 1.82) is 0 Å². The number of halogens is 3. The van der Waals surface area contributed by atoms with Crippen LogP contribution in [0.5, 0.6) is 0 Å². The van der Waals surface area contributed by atoms with Gasteiger partial charge in [-0.05, 0) is 12.8 Å². The standard InChI is InChI=1S/C10H15F3O3/c11-10(12,13)7-16-6-3-9(14)8-1-4-15-5-2-8/h8H,1-7H2. The van der Waals surface area contributed by atoms with Crippen molar-refractivity contribution in [2.45, 2.75) is 25.4 Å². The van der Waals surface area contributed by atoms with E-state index in [1.807, 2.05) is 0 Å². The molecule has 0 atom stereocenters. The van der Waals surface area contributed by atoms with Gasteiger partial charge in [0.05, 0.1) is 6.61 Å². The quantitative estimate of drug-likeness (QED) is 0.689. The molecule has 0 saturated carbocycles. The molecule has 16 heavy (non-hydrogen) atoms. The minimum atomic E-state index is -4.32. The molecule has 0 amide bonds. The van der Waals surface area contributed by atoms with Gasteiger partial charge in [-0.2, -0.15) is 13.2 Å². The molecule has 0 N–H and O–H groups in total. The van der Waals surface area contributed by atoms with Crippen LogP contribution < -0.4 is 0 Å². The van der Waals surface area contributed by atoms with Crippen LogP contribution in [0.1, 0.15) is 19.3 Å². The van der Waals surface area contributed by atoms with Crippen LogP contribution in [-0.4, -0.2) is 38.4 Å². The highest BCUT2D eigenvalue weighted by molar-refractivity contribution is 5.81. The van der Waals surface area contributed by atoms with E-state index in [1.165, 1.54) is 0 Å². The second-order valence-electron chi connectivity index (χ2n) is 3.77. The Morgan fingerprint density at radius 3 is 2.50 bits per heavy atom. The van der Waals surface area contributed by atoms with Crippen molar-refractivity contribution in [1.82, 2.24) is 0 Å². The first-order chi connectivity index (χ1) is 7.49. The fraction of sp³-hybridized carbons (Fsp3) is 0.900. The normalized spacial score (nSPS) is 18.7. The Labute approximate surface area is 91.9 Å². The summed E-state index contributed by atoms with van der Waals surface area (Å²) in [5, 5.41) is 0. The van der Waals surface area contributed by atoms with Gasteiger partial charge in [0.1, 0.15) is 12.4 Å². The Balaban J connectivity index is 2.10. The molecule has 0 aromatic heterocycles. The number of carbonyl (C=O) groups excluding carboxylic acids is 1. The largest absolute Gasteiger partial charge is 0.411 e. The van der Waals surface area contributed by atoms with Gasteiger partial charge in [0.15, 0.2) is 0 Å². The van der Waals surface area contributed by atoms with Gasteiger partial charge in [0, 0.05) is 25.6 Å². The first kappa shape index (κ1) is 13.4. The Kier molecular flexibility index (Phi) is 5.21. The summed E-state index contributed by atoms with van der Waals surface area (Å²) in [6, 6.07) is 0. The Morgan fingerprint density at radius 1 is 1.31 bits per heavy atom. The minimum absolute atomic E-state index is 0.0227. The van der Waals surface area contributed by atoms with Crippen LogP contribution in [0.2, 0.25) is 0 Å². The molecule has 94 valence electrons. The molecule has 0 bridgehead atoms. The van der Waals surface area contributed by atoms with Crippen molar-refractivity contribution in [3.63, 3.8) is 0 Å². The van der Waals surface area contributed by atoms with Crippen molar-refractivity contribution >= 4 is 5.78 Å². The number of ether oxygens (including phenoxy) is 2. The van der Waals surface area contributed by atoms with E-state index in [9.17, 15) is 18.0 Å². The molecule has 3 nitrogen and oxygen atoms in total. The van der Waals surface area contributed by atoms with Crippen LogP contribution in [0, 0.1) is 5.92 Å². The number of Topliss-reactive ketones (excluding diaryl/α,β-unsaturated/α-hetero) is 1. The van der Waals surface area contributed by atoms with E-state index in [4.69, 9.17) is 4.74 Å². The summed E-state index contributed by atoms with van der Waals surface area (Å²) in [6.07, 6.45) is -2.93. The fourth-order valence-electron chi connectivity index (χ4n) is 1.58. The Hall–Kier alpha value is -0.620. The molecule has 6 heteroatoms. The van der Waals surface area contributed by atoms with Crippen LogP contribution in [0.15, 0.2) is 0 Å². The second kappa shape index (κ2) is 6.20. The van der Waals surface area contributed by atoms with Crippen molar-refractivity contribution in [2.24, 2.45) is 5.92 Å². The molecule has 0 aromatic carbocycles. The van der Waals surface area contributed by atoms with Crippen LogP contribution >= 0.6 is 0 Å². The third-order valence-corrected chi connectivity index (χ3v) is 2.44. The molecule has 0 aliphatic carbocycles. The van der Waals surface area contributed by atoms with Crippen LogP contribution in [0.4, 0.5) is 13.2 Å². The van der Waals surface area contributed by atoms with Gasteiger partial charge in [-0.3, -0.25) is 4.79 Å². The lowest BCUT2D eigenvalue weighted by atomic mass is 9.94. The summed E-state index contributed by atoms with van der Waals surface area (Å²) in [5.41, 5.74) is 0. The average molecular weight is 240 g/mol. The van der Waals surface area contributed by atoms with Crippen LogP contribution in [-0.2, 0) is 14.3 Å². The molecular weight excluding hydrogens is 225 g/mol. The van der Waals surface area contributed by atoms with Gasteiger partial charge in [-0.15, -0.1) is 0 Å². The van der Waals surface area contributed by atoms with E-state index in [1.54, 1.807) is 0 Å². The van der Waals surface area contributed by atoms with Gasteiger partial charge in [-0.25, -0.2) is 0 Å². The van der Waals surface area contributed by atoms with Gasteiger partial charge in [0.2, 0.25) is 0 Å². The maximum absolute atomic E-state index is 11.7. The number of hydrogen-bond donors (Lipinski definition) is 0. The summed E-state index contributed by atoms with van der Waals surface area (Å²) < 4.78 is 44.6. The molecule has 0 aromatic rings. The van der Waals surface area contributed by atoms with E-state index in [2.05, 4.69) is 4.74 Å². The van der Waals surface area contributed by atoms with Crippen LogP contribution in [0.3, 0.4) is 0 Å². The molecule has 1 saturated heterocycles. The maximum Gasteiger partial charge on any atom is 0.411 e. The zero-order chi connectivity index (χ0) is 12.0. The Bertz CT molecular complexity index is 222. The van der Waals surface area contributed by atoms with E-state index >= 15 is 0 Å². The molecular formula is C10H15F3O3. The lowest BCUT2D eigenvalue weighted by Gasteiger charge is -2.20. The third-order valence-electron chi connectivity index (χ3n) is 2.44.